The van der Waals surface area contributed by atoms with Crippen LogP contribution in [0.15, 0.2) is 30.4 Å². The van der Waals surface area contributed by atoms with E-state index >= 15 is 0 Å². The van der Waals surface area contributed by atoms with Crippen LogP contribution in [0.4, 0.5) is 0 Å². The number of rotatable bonds is 4. The molecule has 1 aliphatic carbocycles. The first kappa shape index (κ1) is 12.5. The van der Waals surface area contributed by atoms with E-state index in [0.717, 1.165) is 24.4 Å². The van der Waals surface area contributed by atoms with Gasteiger partial charge in [0.15, 0.2) is 0 Å². The summed E-state index contributed by atoms with van der Waals surface area (Å²) in [6.07, 6.45) is 8.11. The van der Waals surface area contributed by atoms with Gasteiger partial charge >= 0.3 is 0 Å². The van der Waals surface area contributed by atoms with Crippen LogP contribution in [0.25, 0.3) is 0 Å². The standard InChI is InChI=1S/C14H18ClNO/c15-13-6-7-14(17)12(8-13)10-16-9-11-4-2-1-3-5-11/h1-2,6-8,11,16-17H,3-5,9-10H2. The van der Waals surface area contributed by atoms with Gasteiger partial charge in [0.1, 0.15) is 5.75 Å². The smallest absolute Gasteiger partial charge is 0.120 e. The third-order valence-electron chi connectivity index (χ3n) is 3.17. The van der Waals surface area contributed by atoms with Crippen LogP contribution in [0.2, 0.25) is 5.02 Å². The van der Waals surface area contributed by atoms with Crippen LogP contribution in [-0.4, -0.2) is 11.7 Å². The summed E-state index contributed by atoms with van der Waals surface area (Å²) in [4.78, 5) is 0. The van der Waals surface area contributed by atoms with Gasteiger partial charge in [-0.3, -0.25) is 0 Å². The molecule has 0 heterocycles. The summed E-state index contributed by atoms with van der Waals surface area (Å²) in [7, 11) is 0. The predicted molar refractivity (Wildman–Crippen MR) is 71.3 cm³/mol. The van der Waals surface area contributed by atoms with Crippen molar-refractivity contribution in [3.8, 4) is 5.75 Å². The maximum atomic E-state index is 9.66. The molecule has 0 amide bonds. The molecule has 0 saturated heterocycles. The van der Waals surface area contributed by atoms with E-state index in [2.05, 4.69) is 17.5 Å². The van der Waals surface area contributed by atoms with Gasteiger partial charge < -0.3 is 10.4 Å². The van der Waals surface area contributed by atoms with Crippen molar-refractivity contribution in [3.05, 3.63) is 40.9 Å². The second-order valence-corrected chi connectivity index (χ2v) is 4.99. The lowest BCUT2D eigenvalue weighted by Gasteiger charge is -2.18. The third kappa shape index (κ3) is 3.76. The van der Waals surface area contributed by atoms with Crippen LogP contribution in [-0.2, 0) is 6.54 Å². The highest BCUT2D eigenvalue weighted by Crippen LogP contribution is 2.22. The average molecular weight is 252 g/mol. The van der Waals surface area contributed by atoms with Gasteiger partial charge in [0.2, 0.25) is 0 Å². The molecule has 0 spiro atoms. The summed E-state index contributed by atoms with van der Waals surface area (Å²) in [6.45, 7) is 1.67. The molecule has 1 aromatic carbocycles. The Morgan fingerprint density at radius 1 is 1.35 bits per heavy atom. The summed E-state index contributed by atoms with van der Waals surface area (Å²) >= 11 is 5.90. The van der Waals surface area contributed by atoms with Crippen LogP contribution in [0.1, 0.15) is 24.8 Å². The quantitative estimate of drug-likeness (QED) is 0.803. The van der Waals surface area contributed by atoms with Gasteiger partial charge in [0.25, 0.3) is 0 Å². The van der Waals surface area contributed by atoms with Crippen molar-refractivity contribution in [2.45, 2.75) is 25.8 Å². The first-order chi connectivity index (χ1) is 8.25. The maximum absolute atomic E-state index is 9.66. The Labute approximate surface area is 107 Å². The molecule has 17 heavy (non-hydrogen) atoms. The number of phenolic OH excluding ortho intramolecular Hbond substituents is 1. The summed E-state index contributed by atoms with van der Waals surface area (Å²) < 4.78 is 0. The zero-order valence-corrected chi connectivity index (χ0v) is 10.6. The number of nitrogens with one attached hydrogen (secondary N) is 1. The topological polar surface area (TPSA) is 32.3 Å². The normalized spacial score (nSPS) is 19.5. The van der Waals surface area contributed by atoms with Gasteiger partial charge in [0, 0.05) is 17.1 Å². The van der Waals surface area contributed by atoms with Gasteiger partial charge in [-0.2, -0.15) is 0 Å². The molecular weight excluding hydrogens is 234 g/mol. The minimum Gasteiger partial charge on any atom is -0.508 e. The van der Waals surface area contributed by atoms with E-state index in [1.165, 1.54) is 12.8 Å². The number of hydrogen-bond acceptors (Lipinski definition) is 2. The van der Waals surface area contributed by atoms with Crippen molar-refractivity contribution in [1.29, 1.82) is 0 Å². The Kier molecular flexibility index (Phi) is 4.46. The molecule has 1 aliphatic rings. The highest BCUT2D eigenvalue weighted by atomic mass is 35.5. The molecule has 0 saturated carbocycles. The molecule has 0 radical (unpaired) electrons. The molecule has 2 rings (SSSR count). The summed E-state index contributed by atoms with van der Waals surface area (Å²) in [5, 5.41) is 13.7. The number of phenols is 1. The Balaban J connectivity index is 1.81. The Hall–Kier alpha value is -0.990. The number of benzene rings is 1. The van der Waals surface area contributed by atoms with E-state index in [-0.39, 0.29) is 0 Å². The molecule has 1 aromatic rings. The molecule has 0 aromatic heterocycles. The molecule has 2 N–H and O–H groups in total. The van der Waals surface area contributed by atoms with Crippen molar-refractivity contribution < 1.29 is 5.11 Å². The van der Waals surface area contributed by atoms with E-state index in [1.54, 1.807) is 12.1 Å². The SMILES string of the molecule is Oc1ccc(Cl)cc1CNCC1CC=CCC1. The lowest BCUT2D eigenvalue weighted by Crippen LogP contribution is -2.23. The molecule has 1 unspecified atom stereocenters. The van der Waals surface area contributed by atoms with E-state index < -0.39 is 0 Å². The Bertz CT molecular complexity index is 403. The molecule has 0 bridgehead atoms. The zero-order valence-electron chi connectivity index (χ0n) is 9.82. The van der Waals surface area contributed by atoms with Crippen molar-refractivity contribution >= 4 is 11.6 Å². The van der Waals surface area contributed by atoms with Gasteiger partial charge in [-0.1, -0.05) is 23.8 Å². The summed E-state index contributed by atoms with van der Waals surface area (Å²) in [5.74, 6) is 1.03. The number of aromatic hydroxyl groups is 1. The minimum atomic E-state index is 0.311. The van der Waals surface area contributed by atoms with Crippen LogP contribution in [0.5, 0.6) is 5.75 Å². The van der Waals surface area contributed by atoms with Crippen molar-refractivity contribution in [1.82, 2.24) is 5.32 Å². The molecule has 0 aliphatic heterocycles. The molecule has 2 nitrogen and oxygen atoms in total. The second kappa shape index (κ2) is 6.08. The van der Waals surface area contributed by atoms with E-state index in [1.807, 2.05) is 6.07 Å². The van der Waals surface area contributed by atoms with Gasteiger partial charge in [-0.15, -0.1) is 0 Å². The lowest BCUT2D eigenvalue weighted by molar-refractivity contribution is 0.431. The van der Waals surface area contributed by atoms with Crippen LogP contribution in [0, 0.1) is 5.92 Å². The fraction of sp³-hybridized carbons (Fsp3) is 0.429. The van der Waals surface area contributed by atoms with Crippen molar-refractivity contribution in [3.63, 3.8) is 0 Å². The highest BCUT2D eigenvalue weighted by molar-refractivity contribution is 6.30. The van der Waals surface area contributed by atoms with Crippen molar-refractivity contribution in [2.75, 3.05) is 6.54 Å². The fourth-order valence-electron chi connectivity index (χ4n) is 2.15. The first-order valence-corrected chi connectivity index (χ1v) is 6.46. The Morgan fingerprint density at radius 3 is 3.00 bits per heavy atom. The van der Waals surface area contributed by atoms with Gasteiger partial charge in [-0.25, -0.2) is 0 Å². The number of halogens is 1. The third-order valence-corrected chi connectivity index (χ3v) is 3.40. The van der Waals surface area contributed by atoms with E-state index in [4.69, 9.17) is 11.6 Å². The molecule has 0 fully saturated rings. The predicted octanol–water partition coefficient (Wildman–Crippen LogP) is 3.49. The zero-order chi connectivity index (χ0) is 12.1. The van der Waals surface area contributed by atoms with Crippen LogP contribution >= 0.6 is 11.6 Å². The minimum absolute atomic E-state index is 0.311. The van der Waals surface area contributed by atoms with Crippen molar-refractivity contribution in [2.24, 2.45) is 5.92 Å². The first-order valence-electron chi connectivity index (χ1n) is 6.09. The highest BCUT2D eigenvalue weighted by Gasteiger charge is 2.09. The summed E-state index contributed by atoms with van der Waals surface area (Å²) in [6, 6.07) is 5.15. The average Bonchev–Trinajstić information content (AvgIpc) is 2.35. The molecule has 92 valence electrons. The van der Waals surface area contributed by atoms with Crippen LogP contribution < -0.4 is 5.32 Å². The van der Waals surface area contributed by atoms with Gasteiger partial charge in [0.05, 0.1) is 0 Å². The fourth-order valence-corrected chi connectivity index (χ4v) is 2.34. The lowest BCUT2D eigenvalue weighted by atomic mass is 9.94. The van der Waals surface area contributed by atoms with Gasteiger partial charge in [-0.05, 0) is 49.9 Å². The van der Waals surface area contributed by atoms with Crippen LogP contribution in [0.3, 0.4) is 0 Å². The summed E-state index contributed by atoms with van der Waals surface area (Å²) in [5.41, 5.74) is 0.865. The number of allylic oxidation sites excluding steroid dienone is 2. The number of hydrogen-bond donors (Lipinski definition) is 2. The monoisotopic (exact) mass is 251 g/mol. The molecule has 3 heteroatoms. The molecular formula is C14H18ClNO. The maximum Gasteiger partial charge on any atom is 0.120 e. The second-order valence-electron chi connectivity index (χ2n) is 4.55. The Morgan fingerprint density at radius 2 is 2.24 bits per heavy atom. The largest absolute Gasteiger partial charge is 0.508 e. The van der Waals surface area contributed by atoms with E-state index in [0.29, 0.717) is 17.3 Å². The van der Waals surface area contributed by atoms with E-state index in [9.17, 15) is 5.11 Å². The molecule has 1 atom stereocenters.